The highest BCUT2D eigenvalue weighted by molar-refractivity contribution is 6.00. The number of furan rings is 1. The summed E-state index contributed by atoms with van der Waals surface area (Å²) in [7, 11) is 0. The fourth-order valence-electron chi connectivity index (χ4n) is 3.94. The molecule has 0 bridgehead atoms. The summed E-state index contributed by atoms with van der Waals surface area (Å²) in [6, 6.07) is 15.4. The fourth-order valence-corrected chi connectivity index (χ4v) is 3.94. The van der Waals surface area contributed by atoms with E-state index in [0.29, 0.717) is 16.9 Å². The summed E-state index contributed by atoms with van der Waals surface area (Å²) in [4.78, 5) is 15.5. The molecule has 6 nitrogen and oxygen atoms in total. The first-order chi connectivity index (χ1) is 14.1. The first-order valence-electron chi connectivity index (χ1n) is 9.52. The topological polar surface area (TPSA) is 107 Å². The van der Waals surface area contributed by atoms with Crippen LogP contribution in [0.5, 0.6) is 0 Å². The summed E-state index contributed by atoms with van der Waals surface area (Å²) in [5.74, 6) is 0.223. The Balaban J connectivity index is 1.59. The predicted molar refractivity (Wildman–Crippen MR) is 113 cm³/mol. The summed E-state index contributed by atoms with van der Waals surface area (Å²) in [6.45, 7) is 0. The van der Waals surface area contributed by atoms with Crippen LogP contribution in [-0.4, -0.2) is 10.9 Å². The van der Waals surface area contributed by atoms with Crippen LogP contribution in [0.4, 0.5) is 11.4 Å². The molecule has 1 aliphatic carbocycles. The zero-order valence-electron chi connectivity index (χ0n) is 15.7. The molecule has 144 valence electrons. The number of carbonyl (C=O) groups excluding carboxylic acids is 1. The number of aryl methyl sites for hydroxylation is 1. The first kappa shape index (κ1) is 17.5. The van der Waals surface area contributed by atoms with Crippen molar-refractivity contribution in [1.29, 1.82) is 0 Å². The van der Waals surface area contributed by atoms with E-state index in [1.165, 1.54) is 11.1 Å². The molecule has 5 N–H and O–H groups in total. The predicted octanol–water partition coefficient (Wildman–Crippen LogP) is 4.28. The molecule has 1 unspecified atom stereocenters. The molecule has 0 saturated heterocycles. The molecule has 0 spiro atoms. The van der Waals surface area contributed by atoms with E-state index in [1.807, 2.05) is 24.3 Å². The van der Waals surface area contributed by atoms with Gasteiger partial charge in [-0.05, 0) is 54.3 Å². The lowest BCUT2D eigenvalue weighted by Gasteiger charge is -2.11. The molecule has 0 fully saturated rings. The Kier molecular flexibility index (Phi) is 4.07. The van der Waals surface area contributed by atoms with Gasteiger partial charge in [-0.1, -0.05) is 18.2 Å². The molecule has 29 heavy (non-hydrogen) atoms. The second-order valence-corrected chi connectivity index (χ2v) is 7.30. The lowest BCUT2D eigenvalue weighted by molar-refractivity contribution is 0.100. The number of hydrogen-bond donors (Lipinski definition) is 3. The second kappa shape index (κ2) is 6.76. The Morgan fingerprint density at radius 3 is 2.76 bits per heavy atom. The summed E-state index contributed by atoms with van der Waals surface area (Å²) >= 11 is 0. The molecule has 1 atom stereocenters. The number of rotatable bonds is 4. The quantitative estimate of drug-likeness (QED) is 0.487. The van der Waals surface area contributed by atoms with Crippen molar-refractivity contribution >= 4 is 28.3 Å². The minimum Gasteiger partial charge on any atom is -0.452 e. The fraction of sp³-hybridized carbons (Fsp3) is 0.130. The van der Waals surface area contributed by atoms with Crippen molar-refractivity contribution in [1.82, 2.24) is 4.98 Å². The molecule has 2 heterocycles. The maximum Gasteiger partial charge on any atom is 0.248 e. The van der Waals surface area contributed by atoms with E-state index in [9.17, 15) is 4.79 Å². The van der Waals surface area contributed by atoms with Crippen molar-refractivity contribution in [3.8, 4) is 11.3 Å². The number of anilines is 2. The van der Waals surface area contributed by atoms with Crippen molar-refractivity contribution in [3.05, 3.63) is 77.6 Å². The van der Waals surface area contributed by atoms with E-state index in [4.69, 9.17) is 15.9 Å². The van der Waals surface area contributed by atoms with Gasteiger partial charge in [0.15, 0.2) is 11.3 Å². The zero-order chi connectivity index (χ0) is 20.0. The van der Waals surface area contributed by atoms with Gasteiger partial charge in [-0.15, -0.1) is 0 Å². The highest BCUT2D eigenvalue weighted by Gasteiger charge is 2.21. The van der Waals surface area contributed by atoms with Crippen LogP contribution in [0.3, 0.4) is 0 Å². The monoisotopic (exact) mass is 384 g/mol. The third kappa shape index (κ3) is 3.03. The van der Waals surface area contributed by atoms with Crippen LogP contribution in [0.1, 0.15) is 33.9 Å². The number of fused-ring (bicyclic) bond motifs is 2. The van der Waals surface area contributed by atoms with Crippen LogP contribution in [0.25, 0.3) is 22.3 Å². The molecule has 6 heteroatoms. The highest BCUT2D eigenvalue weighted by atomic mass is 16.3. The van der Waals surface area contributed by atoms with Crippen LogP contribution in [0.2, 0.25) is 0 Å². The molecule has 0 aliphatic heterocycles. The van der Waals surface area contributed by atoms with Gasteiger partial charge >= 0.3 is 0 Å². The normalized spacial score (nSPS) is 15.4. The summed E-state index contributed by atoms with van der Waals surface area (Å²) < 4.78 is 6.11. The molecular weight excluding hydrogens is 364 g/mol. The van der Waals surface area contributed by atoms with Gasteiger partial charge in [0.1, 0.15) is 0 Å². The Labute approximate surface area is 167 Å². The van der Waals surface area contributed by atoms with E-state index in [2.05, 4.69) is 22.4 Å². The molecule has 1 amide bonds. The van der Waals surface area contributed by atoms with E-state index in [0.717, 1.165) is 35.2 Å². The molecule has 1 aliphatic rings. The maximum absolute atomic E-state index is 11.4. The largest absolute Gasteiger partial charge is 0.452 e. The second-order valence-electron chi connectivity index (χ2n) is 7.30. The molecule has 4 aromatic rings. The third-order valence-corrected chi connectivity index (χ3v) is 5.46. The maximum atomic E-state index is 11.4. The van der Waals surface area contributed by atoms with Gasteiger partial charge in [0.2, 0.25) is 5.91 Å². The highest BCUT2D eigenvalue weighted by Crippen LogP contribution is 2.40. The van der Waals surface area contributed by atoms with Crippen LogP contribution in [-0.2, 0) is 6.42 Å². The van der Waals surface area contributed by atoms with Crippen molar-refractivity contribution in [2.75, 3.05) is 5.32 Å². The number of amides is 1. The standard InChI is InChI=1S/C23H20N4O2/c24-19-8-5-15-11-16(6-7-17(15)19)27-21-18-9-10-26-12-20(18)29-22(21)13-1-3-14(4-2-13)23(25)28/h1-4,6-7,9-12,19,27H,5,8,24H2,(H2,25,28). The number of nitrogens with two attached hydrogens (primary N) is 2. The van der Waals surface area contributed by atoms with Gasteiger partial charge in [0.05, 0.1) is 11.9 Å². The van der Waals surface area contributed by atoms with Crippen LogP contribution in [0, 0.1) is 0 Å². The molecule has 5 rings (SSSR count). The minimum absolute atomic E-state index is 0.124. The smallest absolute Gasteiger partial charge is 0.248 e. The SMILES string of the molecule is NC(=O)c1ccc(-c2oc3cnccc3c2Nc2ccc3c(c2)CCC3N)cc1. The summed E-state index contributed by atoms with van der Waals surface area (Å²) in [6.07, 6.45) is 5.41. The Morgan fingerprint density at radius 2 is 1.97 bits per heavy atom. The Morgan fingerprint density at radius 1 is 1.14 bits per heavy atom. The number of primary amides is 1. The van der Waals surface area contributed by atoms with Crippen LogP contribution >= 0.6 is 0 Å². The number of nitrogens with zero attached hydrogens (tertiary/aromatic N) is 1. The van der Waals surface area contributed by atoms with Gasteiger partial charge in [-0.2, -0.15) is 0 Å². The third-order valence-electron chi connectivity index (χ3n) is 5.46. The average Bonchev–Trinajstić information content (AvgIpc) is 3.29. The van der Waals surface area contributed by atoms with Gasteiger partial charge in [-0.3, -0.25) is 9.78 Å². The van der Waals surface area contributed by atoms with Crippen LogP contribution < -0.4 is 16.8 Å². The van der Waals surface area contributed by atoms with E-state index >= 15 is 0 Å². The lowest BCUT2D eigenvalue weighted by Crippen LogP contribution is -2.10. The van der Waals surface area contributed by atoms with Crippen LogP contribution in [0.15, 0.2) is 65.3 Å². The van der Waals surface area contributed by atoms with Gasteiger partial charge in [-0.25, -0.2) is 0 Å². The Hall–Kier alpha value is -3.64. The van der Waals surface area contributed by atoms with Gasteiger partial charge < -0.3 is 21.2 Å². The zero-order valence-corrected chi connectivity index (χ0v) is 15.7. The van der Waals surface area contributed by atoms with Crippen molar-refractivity contribution in [2.45, 2.75) is 18.9 Å². The lowest BCUT2D eigenvalue weighted by atomic mass is 10.1. The number of carbonyl (C=O) groups is 1. The average molecular weight is 384 g/mol. The number of benzene rings is 2. The van der Waals surface area contributed by atoms with Crippen molar-refractivity contribution < 1.29 is 9.21 Å². The number of hydrogen-bond acceptors (Lipinski definition) is 5. The number of nitrogens with one attached hydrogen (secondary N) is 1. The van der Waals surface area contributed by atoms with Gasteiger partial charge in [0.25, 0.3) is 0 Å². The number of pyridine rings is 1. The molecular formula is C23H20N4O2. The van der Waals surface area contributed by atoms with E-state index < -0.39 is 5.91 Å². The summed E-state index contributed by atoms with van der Waals surface area (Å²) in [5.41, 5.74) is 17.8. The molecule has 0 saturated carbocycles. The molecule has 0 radical (unpaired) electrons. The Bertz CT molecular complexity index is 1230. The minimum atomic E-state index is -0.458. The number of aromatic nitrogens is 1. The van der Waals surface area contributed by atoms with Gasteiger partial charge in [0, 0.05) is 34.4 Å². The van der Waals surface area contributed by atoms with E-state index in [1.54, 1.807) is 24.5 Å². The van der Waals surface area contributed by atoms with E-state index in [-0.39, 0.29) is 6.04 Å². The van der Waals surface area contributed by atoms with Crippen molar-refractivity contribution in [2.24, 2.45) is 11.5 Å². The summed E-state index contributed by atoms with van der Waals surface area (Å²) in [5, 5.41) is 4.46. The first-order valence-corrected chi connectivity index (χ1v) is 9.52. The molecule has 2 aromatic carbocycles. The molecule has 2 aromatic heterocycles. The van der Waals surface area contributed by atoms with Crippen molar-refractivity contribution in [3.63, 3.8) is 0 Å².